The number of ether oxygens (including phenoxy) is 1. The first kappa shape index (κ1) is 18.6. The summed E-state index contributed by atoms with van der Waals surface area (Å²) in [4.78, 5) is 0. The van der Waals surface area contributed by atoms with Gasteiger partial charge < -0.3 is 4.74 Å². The number of rotatable bonds is 6. The van der Waals surface area contributed by atoms with Gasteiger partial charge in [0.05, 0.1) is 6.61 Å². The summed E-state index contributed by atoms with van der Waals surface area (Å²) >= 11 is 0. The molecular weight excluding hydrogens is 330 g/mol. The van der Waals surface area contributed by atoms with Crippen molar-refractivity contribution < 1.29 is 13.5 Å². The summed E-state index contributed by atoms with van der Waals surface area (Å²) in [6, 6.07) is 11.7. The van der Waals surface area contributed by atoms with E-state index in [0.717, 1.165) is 32.1 Å². The Morgan fingerprint density at radius 1 is 1.04 bits per heavy atom. The molecule has 0 amide bonds. The first-order chi connectivity index (χ1) is 12.6. The maximum Gasteiger partial charge on any atom is 0.200 e. The number of hydrogen-bond acceptors (Lipinski definition) is 1. The molecule has 0 saturated carbocycles. The van der Waals surface area contributed by atoms with Crippen molar-refractivity contribution in [3.8, 4) is 5.75 Å². The van der Waals surface area contributed by atoms with Gasteiger partial charge in [-0.3, -0.25) is 0 Å². The van der Waals surface area contributed by atoms with Crippen LogP contribution in [-0.4, -0.2) is 6.61 Å². The van der Waals surface area contributed by atoms with Gasteiger partial charge in [0, 0.05) is 0 Å². The van der Waals surface area contributed by atoms with Crippen LogP contribution in [0.15, 0.2) is 42.5 Å². The quantitative estimate of drug-likeness (QED) is 0.517. The molecule has 1 aliphatic carbocycles. The van der Waals surface area contributed by atoms with Crippen LogP contribution in [0.2, 0.25) is 0 Å². The van der Waals surface area contributed by atoms with Crippen LogP contribution in [0.4, 0.5) is 8.78 Å². The minimum atomic E-state index is -0.855. The van der Waals surface area contributed by atoms with Crippen molar-refractivity contribution in [2.24, 2.45) is 0 Å². The average molecular weight is 356 g/mol. The molecule has 0 N–H and O–H groups in total. The van der Waals surface area contributed by atoms with E-state index in [4.69, 9.17) is 4.74 Å². The maximum absolute atomic E-state index is 14.5. The fourth-order valence-electron chi connectivity index (χ4n) is 3.45. The van der Waals surface area contributed by atoms with Crippen LogP contribution >= 0.6 is 0 Å². The second-order valence-corrected chi connectivity index (χ2v) is 7.05. The molecule has 2 aromatic carbocycles. The summed E-state index contributed by atoms with van der Waals surface area (Å²) in [6.07, 6.45) is 6.39. The topological polar surface area (TPSA) is 9.23 Å². The fourth-order valence-corrected chi connectivity index (χ4v) is 3.45. The van der Waals surface area contributed by atoms with Crippen LogP contribution in [0, 0.1) is 18.6 Å². The van der Waals surface area contributed by atoms with E-state index in [2.05, 4.69) is 37.3 Å². The average Bonchev–Trinajstić information content (AvgIpc) is 2.66. The standard InChI is InChI=1S/C23H26F2O/c1-3-4-15-26-21-14-13-20(22(24)23(21)25)19-11-9-18(10-12-19)17-7-5-16(2)6-8-17/h5-9,13-14,19H,3-4,10-12,15H2,1-2H3. The number of aryl methyl sites for hydroxylation is 1. The Kier molecular flexibility index (Phi) is 6.08. The number of benzene rings is 2. The van der Waals surface area contributed by atoms with Crippen molar-refractivity contribution in [2.45, 2.75) is 51.9 Å². The zero-order chi connectivity index (χ0) is 18.5. The van der Waals surface area contributed by atoms with Gasteiger partial charge in [-0.15, -0.1) is 0 Å². The lowest BCUT2D eigenvalue weighted by Gasteiger charge is -2.23. The lowest BCUT2D eigenvalue weighted by atomic mass is 9.82. The number of unbranched alkanes of at least 4 members (excludes halogenated alkanes) is 1. The van der Waals surface area contributed by atoms with Gasteiger partial charge in [-0.25, -0.2) is 4.39 Å². The number of halogens is 2. The molecule has 0 radical (unpaired) electrons. The Morgan fingerprint density at radius 3 is 2.46 bits per heavy atom. The SMILES string of the molecule is CCCCOc1ccc(C2CC=C(c3ccc(C)cc3)CC2)c(F)c1F. The van der Waals surface area contributed by atoms with Crippen molar-refractivity contribution >= 4 is 5.57 Å². The predicted molar refractivity (Wildman–Crippen MR) is 103 cm³/mol. The van der Waals surface area contributed by atoms with Gasteiger partial charge in [-0.2, -0.15) is 4.39 Å². The predicted octanol–water partition coefficient (Wildman–Crippen LogP) is 6.80. The zero-order valence-corrected chi connectivity index (χ0v) is 15.5. The second-order valence-electron chi connectivity index (χ2n) is 7.05. The highest BCUT2D eigenvalue weighted by Crippen LogP contribution is 2.38. The molecule has 138 valence electrons. The van der Waals surface area contributed by atoms with E-state index in [0.29, 0.717) is 12.2 Å². The Morgan fingerprint density at radius 2 is 1.81 bits per heavy atom. The molecule has 1 aliphatic rings. The van der Waals surface area contributed by atoms with E-state index < -0.39 is 11.6 Å². The molecule has 0 spiro atoms. The fraction of sp³-hybridized carbons (Fsp3) is 0.391. The maximum atomic E-state index is 14.5. The molecule has 3 heteroatoms. The summed E-state index contributed by atoms with van der Waals surface area (Å²) in [5.41, 5.74) is 4.22. The van der Waals surface area contributed by atoms with Gasteiger partial charge in [0.2, 0.25) is 5.82 Å². The van der Waals surface area contributed by atoms with Gasteiger partial charge >= 0.3 is 0 Å². The highest BCUT2D eigenvalue weighted by molar-refractivity contribution is 5.66. The van der Waals surface area contributed by atoms with E-state index in [1.54, 1.807) is 12.1 Å². The minimum absolute atomic E-state index is 0.0170. The van der Waals surface area contributed by atoms with Gasteiger partial charge in [0.1, 0.15) is 0 Å². The zero-order valence-electron chi connectivity index (χ0n) is 15.5. The van der Waals surface area contributed by atoms with Crippen LogP contribution in [0.3, 0.4) is 0 Å². The Hall–Kier alpha value is -2.16. The van der Waals surface area contributed by atoms with Gasteiger partial charge in [0.25, 0.3) is 0 Å². The van der Waals surface area contributed by atoms with E-state index in [-0.39, 0.29) is 11.7 Å². The lowest BCUT2D eigenvalue weighted by molar-refractivity contribution is 0.287. The van der Waals surface area contributed by atoms with Gasteiger partial charge in [-0.1, -0.05) is 55.3 Å². The first-order valence-corrected chi connectivity index (χ1v) is 9.47. The molecular formula is C23H26F2O. The monoisotopic (exact) mass is 356 g/mol. The molecule has 0 bridgehead atoms. The third-order valence-electron chi connectivity index (χ3n) is 5.11. The molecule has 0 saturated heterocycles. The van der Waals surface area contributed by atoms with Crippen molar-refractivity contribution in [2.75, 3.05) is 6.61 Å². The minimum Gasteiger partial charge on any atom is -0.490 e. The molecule has 0 heterocycles. The van der Waals surface area contributed by atoms with E-state index in [9.17, 15) is 8.78 Å². The highest BCUT2D eigenvalue weighted by atomic mass is 19.2. The molecule has 0 aliphatic heterocycles. The molecule has 1 nitrogen and oxygen atoms in total. The Bertz CT molecular complexity index is 778. The first-order valence-electron chi connectivity index (χ1n) is 9.47. The molecule has 1 unspecified atom stereocenters. The van der Waals surface area contributed by atoms with Crippen LogP contribution in [0.5, 0.6) is 5.75 Å². The van der Waals surface area contributed by atoms with Crippen molar-refractivity contribution in [3.63, 3.8) is 0 Å². The molecule has 26 heavy (non-hydrogen) atoms. The van der Waals surface area contributed by atoms with Crippen LogP contribution < -0.4 is 4.74 Å². The van der Waals surface area contributed by atoms with Crippen LogP contribution in [-0.2, 0) is 0 Å². The smallest absolute Gasteiger partial charge is 0.200 e. The van der Waals surface area contributed by atoms with Crippen LogP contribution in [0.25, 0.3) is 5.57 Å². The largest absolute Gasteiger partial charge is 0.490 e. The van der Waals surface area contributed by atoms with E-state index >= 15 is 0 Å². The lowest BCUT2D eigenvalue weighted by Crippen LogP contribution is -2.09. The summed E-state index contributed by atoms with van der Waals surface area (Å²) in [7, 11) is 0. The normalized spacial score (nSPS) is 17.1. The van der Waals surface area contributed by atoms with E-state index in [1.807, 2.05) is 6.92 Å². The van der Waals surface area contributed by atoms with Crippen molar-refractivity contribution in [3.05, 3.63) is 70.8 Å². The van der Waals surface area contributed by atoms with Crippen molar-refractivity contribution in [1.82, 2.24) is 0 Å². The summed E-state index contributed by atoms with van der Waals surface area (Å²) in [6.45, 7) is 4.52. The highest BCUT2D eigenvalue weighted by Gasteiger charge is 2.23. The van der Waals surface area contributed by atoms with Crippen LogP contribution in [0.1, 0.15) is 61.6 Å². The molecule has 2 aromatic rings. The number of hydrogen-bond donors (Lipinski definition) is 0. The van der Waals surface area contributed by atoms with E-state index in [1.165, 1.54) is 16.7 Å². The van der Waals surface area contributed by atoms with Crippen molar-refractivity contribution in [1.29, 1.82) is 0 Å². The summed E-state index contributed by atoms with van der Waals surface area (Å²) < 4.78 is 34.2. The summed E-state index contributed by atoms with van der Waals surface area (Å²) in [5.74, 6) is -1.57. The third kappa shape index (κ3) is 4.14. The van der Waals surface area contributed by atoms with Gasteiger partial charge in [0.15, 0.2) is 11.6 Å². The number of allylic oxidation sites excluding steroid dienone is 2. The molecule has 3 rings (SSSR count). The second kappa shape index (κ2) is 8.48. The van der Waals surface area contributed by atoms with Gasteiger partial charge in [-0.05, 0) is 61.3 Å². The molecule has 0 fully saturated rings. The Labute approximate surface area is 154 Å². The molecule has 0 aromatic heterocycles. The third-order valence-corrected chi connectivity index (χ3v) is 5.11. The summed E-state index contributed by atoms with van der Waals surface area (Å²) in [5, 5.41) is 0. The molecule has 1 atom stereocenters. The Balaban J connectivity index is 1.72.